The van der Waals surface area contributed by atoms with Crippen LogP contribution in [-0.2, 0) is 6.54 Å². The number of hydrogen-bond donors (Lipinski definition) is 1. The van der Waals surface area contributed by atoms with Crippen LogP contribution in [0, 0.1) is 6.92 Å². The highest BCUT2D eigenvalue weighted by molar-refractivity contribution is 5.35. The number of hydrogen-bond acceptors (Lipinski definition) is 2. The van der Waals surface area contributed by atoms with Crippen molar-refractivity contribution in [2.45, 2.75) is 26.1 Å². The maximum absolute atomic E-state index is 12.0. The zero-order valence-corrected chi connectivity index (χ0v) is 9.88. The first-order valence-electron chi connectivity index (χ1n) is 5.32. The summed E-state index contributed by atoms with van der Waals surface area (Å²) < 4.78 is 36.1. The molecule has 0 aliphatic rings. The Morgan fingerprint density at radius 2 is 1.94 bits per heavy atom. The van der Waals surface area contributed by atoms with Crippen molar-refractivity contribution in [1.82, 2.24) is 4.90 Å². The minimum absolute atomic E-state index is 0.0725. The summed E-state index contributed by atoms with van der Waals surface area (Å²) >= 11 is 0. The van der Waals surface area contributed by atoms with Gasteiger partial charge in [-0.2, -0.15) is 13.2 Å². The highest BCUT2D eigenvalue weighted by Crippen LogP contribution is 2.22. The number of nitrogens with zero attached hydrogens (tertiary/aromatic N) is 1. The number of aryl methyl sites for hydroxylation is 1. The summed E-state index contributed by atoms with van der Waals surface area (Å²) in [7, 11) is 1.60. The Hall–Kier alpha value is -1.23. The van der Waals surface area contributed by atoms with Crippen molar-refractivity contribution in [2.75, 3.05) is 13.6 Å². The molecule has 0 heterocycles. The summed E-state index contributed by atoms with van der Waals surface area (Å²) in [6.45, 7) is 2.11. The van der Waals surface area contributed by atoms with Gasteiger partial charge in [0.25, 0.3) is 0 Å². The van der Waals surface area contributed by atoms with Gasteiger partial charge in [0, 0.05) is 18.7 Å². The largest absolute Gasteiger partial charge is 0.508 e. The summed E-state index contributed by atoms with van der Waals surface area (Å²) in [5.41, 5.74) is 1.62. The maximum Gasteiger partial charge on any atom is 0.390 e. The zero-order valence-electron chi connectivity index (χ0n) is 9.88. The van der Waals surface area contributed by atoms with Crippen molar-refractivity contribution in [3.8, 4) is 5.75 Å². The highest BCUT2D eigenvalue weighted by Gasteiger charge is 2.27. The second kappa shape index (κ2) is 5.40. The molecular weight excluding hydrogens is 231 g/mol. The van der Waals surface area contributed by atoms with Gasteiger partial charge in [-0.3, -0.25) is 0 Å². The summed E-state index contributed by atoms with van der Waals surface area (Å²) in [6.07, 6.45) is -4.97. The summed E-state index contributed by atoms with van der Waals surface area (Å²) in [5.74, 6) is 0.120. The molecule has 17 heavy (non-hydrogen) atoms. The molecule has 0 bridgehead atoms. The molecule has 1 N–H and O–H groups in total. The van der Waals surface area contributed by atoms with Gasteiger partial charge in [-0.15, -0.1) is 0 Å². The molecule has 1 aromatic carbocycles. The second-order valence-corrected chi connectivity index (χ2v) is 4.24. The third-order valence-corrected chi connectivity index (χ3v) is 2.45. The lowest BCUT2D eigenvalue weighted by atomic mass is 10.1. The standard InChI is InChI=1S/C12H16F3NO/c1-9-3-4-11(17)10(7-9)8-16(2)6-5-12(13,14)15/h3-4,7,17H,5-6,8H2,1-2H3. The smallest absolute Gasteiger partial charge is 0.390 e. The van der Waals surface area contributed by atoms with Crippen LogP contribution < -0.4 is 0 Å². The Labute approximate surface area is 98.7 Å². The first-order valence-corrected chi connectivity index (χ1v) is 5.32. The Bertz CT molecular complexity index is 377. The first kappa shape index (κ1) is 13.8. The number of rotatable bonds is 4. The van der Waals surface area contributed by atoms with Crippen LogP contribution in [0.15, 0.2) is 18.2 Å². The molecule has 1 aromatic rings. The van der Waals surface area contributed by atoms with Crippen molar-refractivity contribution in [3.63, 3.8) is 0 Å². The number of aromatic hydroxyl groups is 1. The number of phenolic OH excluding ortho intramolecular Hbond substituents is 1. The molecule has 0 atom stereocenters. The van der Waals surface area contributed by atoms with Crippen LogP contribution in [0.4, 0.5) is 13.2 Å². The van der Waals surface area contributed by atoms with Crippen molar-refractivity contribution < 1.29 is 18.3 Å². The van der Waals surface area contributed by atoms with E-state index in [0.717, 1.165) is 5.56 Å². The van der Waals surface area contributed by atoms with Crippen LogP contribution in [0.1, 0.15) is 17.5 Å². The van der Waals surface area contributed by atoms with E-state index in [-0.39, 0.29) is 12.3 Å². The van der Waals surface area contributed by atoms with Crippen LogP contribution in [-0.4, -0.2) is 29.8 Å². The van der Waals surface area contributed by atoms with Gasteiger partial charge < -0.3 is 10.0 Å². The SMILES string of the molecule is Cc1ccc(O)c(CN(C)CCC(F)(F)F)c1. The monoisotopic (exact) mass is 247 g/mol. The zero-order chi connectivity index (χ0) is 13.1. The van der Waals surface area contributed by atoms with Gasteiger partial charge in [0.1, 0.15) is 5.75 Å². The number of phenols is 1. The van der Waals surface area contributed by atoms with E-state index in [2.05, 4.69) is 0 Å². The minimum Gasteiger partial charge on any atom is -0.508 e. The second-order valence-electron chi connectivity index (χ2n) is 4.24. The van der Waals surface area contributed by atoms with Crippen LogP contribution in [0.2, 0.25) is 0 Å². The molecule has 5 heteroatoms. The van der Waals surface area contributed by atoms with E-state index in [1.807, 2.05) is 6.92 Å². The molecule has 1 rings (SSSR count). The molecule has 2 nitrogen and oxygen atoms in total. The lowest BCUT2D eigenvalue weighted by Gasteiger charge is -2.18. The van der Waals surface area contributed by atoms with Crippen molar-refractivity contribution in [3.05, 3.63) is 29.3 Å². The van der Waals surface area contributed by atoms with Gasteiger partial charge in [-0.1, -0.05) is 17.7 Å². The summed E-state index contributed by atoms with van der Waals surface area (Å²) in [5, 5.41) is 9.56. The fraction of sp³-hybridized carbons (Fsp3) is 0.500. The normalized spacial score (nSPS) is 12.1. The number of alkyl halides is 3. The quantitative estimate of drug-likeness (QED) is 0.883. The molecule has 0 fully saturated rings. The van der Waals surface area contributed by atoms with Crippen molar-refractivity contribution >= 4 is 0 Å². The molecule has 0 aromatic heterocycles. The highest BCUT2D eigenvalue weighted by atomic mass is 19.4. The number of halogens is 3. The van der Waals surface area contributed by atoms with Gasteiger partial charge in [0.2, 0.25) is 0 Å². The van der Waals surface area contributed by atoms with Crippen LogP contribution >= 0.6 is 0 Å². The fourth-order valence-corrected chi connectivity index (χ4v) is 1.53. The third-order valence-electron chi connectivity index (χ3n) is 2.45. The van der Waals surface area contributed by atoms with Gasteiger partial charge in [-0.05, 0) is 20.0 Å². The lowest BCUT2D eigenvalue weighted by molar-refractivity contribution is -0.137. The number of benzene rings is 1. The Morgan fingerprint density at radius 3 is 2.53 bits per heavy atom. The molecule has 0 spiro atoms. The predicted molar refractivity (Wildman–Crippen MR) is 59.8 cm³/mol. The van der Waals surface area contributed by atoms with Gasteiger partial charge in [0.15, 0.2) is 0 Å². The van der Waals surface area contributed by atoms with Gasteiger partial charge in [-0.25, -0.2) is 0 Å². The van der Waals surface area contributed by atoms with E-state index in [1.165, 1.54) is 0 Å². The topological polar surface area (TPSA) is 23.5 Å². The molecule has 96 valence electrons. The Balaban J connectivity index is 2.56. The van der Waals surface area contributed by atoms with E-state index in [9.17, 15) is 18.3 Å². The van der Waals surface area contributed by atoms with E-state index in [1.54, 1.807) is 30.1 Å². The third kappa shape index (κ3) is 5.08. The Morgan fingerprint density at radius 1 is 1.29 bits per heavy atom. The van der Waals surface area contributed by atoms with Gasteiger partial charge in [0.05, 0.1) is 6.42 Å². The van der Waals surface area contributed by atoms with Crippen LogP contribution in [0.3, 0.4) is 0 Å². The van der Waals surface area contributed by atoms with E-state index in [4.69, 9.17) is 0 Å². The van der Waals surface area contributed by atoms with Gasteiger partial charge >= 0.3 is 6.18 Å². The molecule has 0 amide bonds. The molecule has 0 radical (unpaired) electrons. The lowest BCUT2D eigenvalue weighted by Crippen LogP contribution is -2.24. The molecule has 0 aliphatic heterocycles. The molecule has 0 saturated heterocycles. The summed E-state index contributed by atoms with van der Waals surface area (Å²) in [4.78, 5) is 1.54. The molecule has 0 unspecified atom stereocenters. The average Bonchev–Trinajstić information content (AvgIpc) is 2.20. The Kier molecular flexibility index (Phi) is 4.40. The average molecular weight is 247 g/mol. The van der Waals surface area contributed by atoms with E-state index >= 15 is 0 Å². The van der Waals surface area contributed by atoms with Crippen molar-refractivity contribution in [2.24, 2.45) is 0 Å². The van der Waals surface area contributed by atoms with E-state index in [0.29, 0.717) is 12.1 Å². The van der Waals surface area contributed by atoms with Crippen molar-refractivity contribution in [1.29, 1.82) is 0 Å². The fourth-order valence-electron chi connectivity index (χ4n) is 1.53. The van der Waals surface area contributed by atoms with Crippen LogP contribution in [0.5, 0.6) is 5.75 Å². The molecule has 0 aliphatic carbocycles. The van der Waals surface area contributed by atoms with Crippen LogP contribution in [0.25, 0.3) is 0 Å². The minimum atomic E-state index is -4.14. The van der Waals surface area contributed by atoms with E-state index < -0.39 is 12.6 Å². The predicted octanol–water partition coefficient (Wildman–Crippen LogP) is 3.08. The summed E-state index contributed by atoms with van der Waals surface area (Å²) in [6, 6.07) is 5.09. The molecule has 0 saturated carbocycles. The maximum atomic E-state index is 12.0. The molecular formula is C12H16F3NO. The first-order chi connectivity index (χ1) is 7.78.